The summed E-state index contributed by atoms with van der Waals surface area (Å²) >= 11 is 0. The van der Waals surface area contributed by atoms with Gasteiger partial charge in [0.25, 0.3) is 0 Å². The molecule has 4 heterocycles. The van der Waals surface area contributed by atoms with Crippen LogP contribution in [0.4, 0.5) is 0 Å². The molecule has 11 aromatic rings. The van der Waals surface area contributed by atoms with Gasteiger partial charge < -0.3 is 4.57 Å². The lowest BCUT2D eigenvalue weighted by Gasteiger charge is -2.13. The summed E-state index contributed by atoms with van der Waals surface area (Å²) in [6.45, 7) is 0. The molecule has 0 radical (unpaired) electrons. The van der Waals surface area contributed by atoms with Gasteiger partial charge in [-0.1, -0.05) is 133 Å². The Morgan fingerprint density at radius 1 is 0.333 bits per heavy atom. The molecule has 0 saturated heterocycles. The minimum atomic E-state index is 0.664. The molecule has 0 aliphatic carbocycles. The number of hydrogen-bond donors (Lipinski definition) is 0. The van der Waals surface area contributed by atoms with Crippen molar-refractivity contribution >= 4 is 54.5 Å². The van der Waals surface area contributed by atoms with E-state index in [2.05, 4.69) is 179 Å². The van der Waals surface area contributed by atoms with Crippen LogP contribution in [0.1, 0.15) is 0 Å². The van der Waals surface area contributed by atoms with Crippen molar-refractivity contribution in [2.75, 3.05) is 0 Å². The predicted molar refractivity (Wildman–Crippen MR) is 224 cm³/mol. The smallest absolute Gasteiger partial charge is 0.235 e. The molecule has 8 aromatic carbocycles. The molecule has 0 fully saturated rings. The fourth-order valence-corrected chi connectivity index (χ4v) is 8.92. The standard InChI is InChI=1S/C50H30N4/c1-2-14-31(15-3-1)48-39-21-6-10-22-43(39)51-50(52-48)54-46-25-13-8-19-37(46)40-28-32(26-27-47(40)54)33-29-41-35-17-5-4-16-34(35)36-18-7-11-23-44(36)53-45-24-12-9-20-38(45)42(30-33)49(41)53/h1-30H. The van der Waals surface area contributed by atoms with Gasteiger partial charge in [0.2, 0.25) is 5.95 Å². The summed E-state index contributed by atoms with van der Waals surface area (Å²) in [6, 6.07) is 65.5. The maximum atomic E-state index is 5.29. The van der Waals surface area contributed by atoms with Crippen molar-refractivity contribution in [2.45, 2.75) is 0 Å². The number of aromatic nitrogens is 4. The third kappa shape index (κ3) is 4.08. The average molecular weight is 687 g/mol. The third-order valence-electron chi connectivity index (χ3n) is 11.3. The van der Waals surface area contributed by atoms with E-state index >= 15 is 0 Å². The first-order valence-electron chi connectivity index (χ1n) is 18.4. The van der Waals surface area contributed by atoms with Crippen LogP contribution < -0.4 is 0 Å². The molecule has 0 bridgehead atoms. The molecule has 3 aromatic heterocycles. The number of benzene rings is 8. The summed E-state index contributed by atoms with van der Waals surface area (Å²) in [5.74, 6) is 0.664. The van der Waals surface area contributed by atoms with Crippen LogP contribution in [0.25, 0.3) is 111 Å². The lowest BCUT2D eigenvalue weighted by molar-refractivity contribution is 1.01. The largest absolute Gasteiger partial charge is 0.308 e. The molecule has 1 aliphatic rings. The lowest BCUT2D eigenvalue weighted by Crippen LogP contribution is -2.03. The molecule has 0 saturated carbocycles. The van der Waals surface area contributed by atoms with Crippen LogP contribution in [0.5, 0.6) is 0 Å². The van der Waals surface area contributed by atoms with Gasteiger partial charge in [-0.15, -0.1) is 0 Å². The van der Waals surface area contributed by atoms with Crippen LogP contribution >= 0.6 is 0 Å². The molecule has 4 heteroatoms. The Balaban J connectivity index is 1.12. The van der Waals surface area contributed by atoms with Crippen molar-refractivity contribution in [3.63, 3.8) is 0 Å². The summed E-state index contributed by atoms with van der Waals surface area (Å²) in [6.07, 6.45) is 0. The Morgan fingerprint density at radius 3 is 1.74 bits per heavy atom. The first-order chi connectivity index (χ1) is 26.8. The molecule has 54 heavy (non-hydrogen) atoms. The molecule has 4 nitrogen and oxygen atoms in total. The minimum Gasteiger partial charge on any atom is -0.308 e. The highest BCUT2D eigenvalue weighted by molar-refractivity contribution is 6.18. The number of para-hydroxylation sites is 4. The second-order valence-electron chi connectivity index (χ2n) is 14.2. The fraction of sp³-hybridized carbons (Fsp3) is 0. The van der Waals surface area contributed by atoms with E-state index in [1.807, 2.05) is 12.1 Å². The van der Waals surface area contributed by atoms with Gasteiger partial charge >= 0.3 is 0 Å². The molecule has 0 N–H and O–H groups in total. The Bertz CT molecular complexity index is 3330. The average Bonchev–Trinajstić information content (AvgIpc) is 3.71. The Kier molecular flexibility index (Phi) is 6.02. The number of hydrogen-bond acceptors (Lipinski definition) is 2. The van der Waals surface area contributed by atoms with Gasteiger partial charge in [0.1, 0.15) is 0 Å². The van der Waals surface area contributed by atoms with E-state index in [9.17, 15) is 0 Å². The zero-order chi connectivity index (χ0) is 35.3. The van der Waals surface area contributed by atoms with E-state index < -0.39 is 0 Å². The molecule has 0 spiro atoms. The molecule has 0 unspecified atom stereocenters. The van der Waals surface area contributed by atoms with Crippen molar-refractivity contribution in [2.24, 2.45) is 0 Å². The summed E-state index contributed by atoms with van der Waals surface area (Å²) in [4.78, 5) is 10.5. The lowest BCUT2D eigenvalue weighted by atomic mass is 9.91. The monoisotopic (exact) mass is 686 g/mol. The SMILES string of the molecule is c1ccc(-c2nc(-n3c4ccccc4c4cc(-c5cc6c7c(c5)c5ccccc5n7-c5ccccc5-c5ccccc5-6)ccc43)nc3ccccc23)cc1. The maximum Gasteiger partial charge on any atom is 0.235 e. The van der Waals surface area contributed by atoms with E-state index in [-0.39, 0.29) is 0 Å². The highest BCUT2D eigenvalue weighted by atomic mass is 15.2. The zero-order valence-corrected chi connectivity index (χ0v) is 29.1. The molecule has 0 atom stereocenters. The van der Waals surface area contributed by atoms with Crippen molar-refractivity contribution in [3.05, 3.63) is 182 Å². The van der Waals surface area contributed by atoms with Gasteiger partial charge in [-0.05, 0) is 70.8 Å². The molecular formula is C50H30N4. The Labute approximate surface area is 310 Å². The van der Waals surface area contributed by atoms with Crippen LogP contribution in [-0.2, 0) is 0 Å². The normalized spacial score (nSPS) is 12.1. The highest BCUT2D eigenvalue weighted by Crippen LogP contribution is 2.48. The Morgan fingerprint density at radius 2 is 0.926 bits per heavy atom. The minimum absolute atomic E-state index is 0.664. The summed E-state index contributed by atoms with van der Waals surface area (Å²) in [7, 11) is 0. The van der Waals surface area contributed by atoms with Crippen molar-refractivity contribution in [1.29, 1.82) is 0 Å². The second-order valence-corrected chi connectivity index (χ2v) is 14.2. The van der Waals surface area contributed by atoms with Crippen molar-refractivity contribution in [1.82, 2.24) is 19.1 Å². The van der Waals surface area contributed by atoms with Gasteiger partial charge in [-0.25, -0.2) is 9.97 Å². The number of fused-ring (bicyclic) bond motifs is 12. The van der Waals surface area contributed by atoms with E-state index in [4.69, 9.17) is 9.97 Å². The fourth-order valence-electron chi connectivity index (χ4n) is 8.92. The number of nitrogens with zero attached hydrogens (tertiary/aromatic N) is 4. The van der Waals surface area contributed by atoms with Gasteiger partial charge in [0.15, 0.2) is 0 Å². The summed E-state index contributed by atoms with van der Waals surface area (Å²) in [5.41, 5.74) is 16.1. The van der Waals surface area contributed by atoms with Gasteiger partial charge in [0.05, 0.1) is 39.0 Å². The summed E-state index contributed by atoms with van der Waals surface area (Å²) < 4.78 is 4.70. The summed E-state index contributed by atoms with van der Waals surface area (Å²) in [5, 5.41) is 5.89. The van der Waals surface area contributed by atoms with E-state index in [0.717, 1.165) is 33.2 Å². The number of rotatable bonds is 3. The molecule has 0 amide bonds. The van der Waals surface area contributed by atoms with E-state index in [0.29, 0.717) is 5.95 Å². The maximum absolute atomic E-state index is 5.29. The first kappa shape index (κ1) is 29.3. The van der Waals surface area contributed by atoms with E-state index in [1.54, 1.807) is 0 Å². The van der Waals surface area contributed by atoms with Gasteiger partial charge in [-0.2, -0.15) is 0 Å². The topological polar surface area (TPSA) is 35.6 Å². The molecule has 12 rings (SSSR count). The van der Waals surface area contributed by atoms with Crippen LogP contribution in [0.15, 0.2) is 182 Å². The predicted octanol–water partition coefficient (Wildman–Crippen LogP) is 12.8. The van der Waals surface area contributed by atoms with Crippen molar-refractivity contribution < 1.29 is 0 Å². The van der Waals surface area contributed by atoms with Crippen LogP contribution in [0, 0.1) is 0 Å². The third-order valence-corrected chi connectivity index (χ3v) is 11.3. The first-order valence-corrected chi connectivity index (χ1v) is 18.4. The quantitative estimate of drug-likeness (QED) is 0.185. The molecule has 1 aliphatic heterocycles. The van der Waals surface area contributed by atoms with Gasteiger partial charge in [-0.3, -0.25) is 4.57 Å². The van der Waals surface area contributed by atoms with Crippen LogP contribution in [0.3, 0.4) is 0 Å². The van der Waals surface area contributed by atoms with Crippen LogP contribution in [0.2, 0.25) is 0 Å². The van der Waals surface area contributed by atoms with Crippen LogP contribution in [-0.4, -0.2) is 19.1 Å². The molecular weight excluding hydrogens is 657 g/mol. The highest BCUT2D eigenvalue weighted by Gasteiger charge is 2.25. The Hall–Kier alpha value is -7.30. The molecule has 250 valence electrons. The van der Waals surface area contributed by atoms with Crippen molar-refractivity contribution in [3.8, 4) is 56.3 Å². The zero-order valence-electron chi connectivity index (χ0n) is 29.1. The van der Waals surface area contributed by atoms with Gasteiger partial charge in [0, 0.05) is 43.6 Å². The second kappa shape index (κ2) is 11.1. The van der Waals surface area contributed by atoms with E-state index in [1.165, 1.54) is 71.6 Å².